The van der Waals surface area contributed by atoms with Crippen LogP contribution in [-0.2, 0) is 10.0 Å². The lowest BCUT2D eigenvalue weighted by atomic mass is 9.96. The Balaban J connectivity index is 1.56. The number of carbonyl (C=O) groups excluding carboxylic acids is 1. The van der Waals surface area contributed by atoms with E-state index in [1.54, 1.807) is 31.2 Å². The number of hydrogen-bond acceptors (Lipinski definition) is 4. The number of benzene rings is 3. The zero-order chi connectivity index (χ0) is 23.3. The molecule has 6 nitrogen and oxygen atoms in total. The number of fused-ring (bicyclic) bond motifs is 1. The quantitative estimate of drug-likeness (QED) is 0.471. The number of halogens is 2. The second-order valence-corrected chi connectivity index (χ2v) is 9.87. The maximum Gasteiger partial charge on any atom is 0.283 e. The number of nitrogens with one attached hydrogen (secondary N) is 1. The fourth-order valence-electron chi connectivity index (χ4n) is 3.70. The first-order chi connectivity index (χ1) is 15.7. The van der Waals surface area contributed by atoms with Crippen LogP contribution < -0.4 is 5.32 Å². The largest absolute Gasteiger partial charge is 0.349 e. The van der Waals surface area contributed by atoms with E-state index in [0.717, 1.165) is 29.1 Å². The Labute approximate surface area is 188 Å². The minimum absolute atomic E-state index is 0.146. The van der Waals surface area contributed by atoms with E-state index in [4.69, 9.17) is 0 Å². The Morgan fingerprint density at radius 2 is 1.88 bits per heavy atom. The number of nitrogens with zero attached hydrogens (tertiary/aromatic N) is 2. The van der Waals surface area contributed by atoms with Crippen LogP contribution in [0.25, 0.3) is 22.0 Å². The van der Waals surface area contributed by atoms with E-state index in [2.05, 4.69) is 10.4 Å². The fraction of sp³-hybridized carbons (Fsp3) is 0.167. The van der Waals surface area contributed by atoms with Gasteiger partial charge in [0.25, 0.3) is 15.9 Å². The van der Waals surface area contributed by atoms with E-state index in [1.165, 1.54) is 24.4 Å². The molecule has 0 saturated heterocycles. The summed E-state index contributed by atoms with van der Waals surface area (Å²) in [6.07, 6.45) is 3.23. The average molecular weight is 467 g/mol. The number of aromatic nitrogens is 2. The summed E-state index contributed by atoms with van der Waals surface area (Å²) in [6, 6.07) is 12.6. The van der Waals surface area contributed by atoms with Crippen molar-refractivity contribution in [1.82, 2.24) is 14.5 Å². The molecule has 0 atom stereocenters. The van der Waals surface area contributed by atoms with E-state index in [1.807, 2.05) is 0 Å². The standard InChI is InChI=1S/C24H19F2N3O3S/c1-14-21(10-16(11-22(14)26)24(30)28-19-6-7-19)15-5-8-23-17(9-15)13-27-29(23)33(31,32)20-4-2-3-18(25)12-20/h2-5,8-13,19H,6-7H2,1H3,(H,28,30). The monoisotopic (exact) mass is 467 g/mol. The van der Waals surface area contributed by atoms with E-state index in [0.29, 0.717) is 27.6 Å². The van der Waals surface area contributed by atoms with Crippen LogP contribution in [0.1, 0.15) is 28.8 Å². The van der Waals surface area contributed by atoms with Crippen molar-refractivity contribution in [2.45, 2.75) is 30.7 Å². The molecule has 0 spiro atoms. The molecule has 3 aromatic carbocycles. The predicted molar refractivity (Wildman–Crippen MR) is 119 cm³/mol. The van der Waals surface area contributed by atoms with Gasteiger partial charge in [0.15, 0.2) is 0 Å². The molecular formula is C24H19F2N3O3S. The van der Waals surface area contributed by atoms with Crippen molar-refractivity contribution in [3.05, 3.63) is 83.6 Å². The molecule has 1 aromatic heterocycles. The zero-order valence-corrected chi connectivity index (χ0v) is 18.4. The Bertz CT molecular complexity index is 1530. The predicted octanol–water partition coefficient (Wildman–Crippen LogP) is 4.42. The third-order valence-electron chi connectivity index (χ3n) is 5.69. The lowest BCUT2D eigenvalue weighted by molar-refractivity contribution is 0.0950. The number of rotatable bonds is 5. The van der Waals surface area contributed by atoms with Gasteiger partial charge in [-0.25, -0.2) is 8.78 Å². The van der Waals surface area contributed by atoms with Crippen molar-refractivity contribution in [3.8, 4) is 11.1 Å². The third-order valence-corrected chi connectivity index (χ3v) is 7.28. The van der Waals surface area contributed by atoms with Crippen LogP contribution in [0.15, 0.2) is 65.7 Å². The van der Waals surface area contributed by atoms with Gasteiger partial charge in [0, 0.05) is 17.0 Å². The molecule has 0 unspecified atom stereocenters. The number of amides is 1. The minimum Gasteiger partial charge on any atom is -0.349 e. The van der Waals surface area contributed by atoms with Gasteiger partial charge in [-0.15, -0.1) is 0 Å². The van der Waals surface area contributed by atoms with Gasteiger partial charge in [-0.05, 0) is 78.9 Å². The molecule has 4 aromatic rings. The molecule has 0 bridgehead atoms. The number of carbonyl (C=O) groups is 1. The van der Waals surface area contributed by atoms with Gasteiger partial charge in [0.1, 0.15) is 11.6 Å². The normalized spacial score (nSPS) is 13.9. The Morgan fingerprint density at radius 1 is 1.09 bits per heavy atom. The summed E-state index contributed by atoms with van der Waals surface area (Å²) in [6.45, 7) is 1.62. The summed E-state index contributed by atoms with van der Waals surface area (Å²) in [5, 5.41) is 7.35. The van der Waals surface area contributed by atoms with Gasteiger partial charge in [0.2, 0.25) is 0 Å². The summed E-state index contributed by atoms with van der Waals surface area (Å²) in [4.78, 5) is 12.2. The molecule has 1 N–H and O–H groups in total. The highest BCUT2D eigenvalue weighted by Crippen LogP contribution is 2.31. The number of hydrogen-bond donors (Lipinski definition) is 1. The molecule has 9 heteroatoms. The maximum absolute atomic E-state index is 14.6. The summed E-state index contributed by atoms with van der Waals surface area (Å²) < 4.78 is 55.0. The smallest absolute Gasteiger partial charge is 0.283 e. The van der Waals surface area contributed by atoms with Crippen molar-refractivity contribution in [1.29, 1.82) is 0 Å². The van der Waals surface area contributed by atoms with Crippen LogP contribution in [0.4, 0.5) is 8.78 Å². The Hall–Kier alpha value is -3.59. The second kappa shape index (κ2) is 7.77. The molecular weight excluding hydrogens is 448 g/mol. The summed E-state index contributed by atoms with van der Waals surface area (Å²) in [5.74, 6) is -1.50. The minimum atomic E-state index is -4.11. The topological polar surface area (TPSA) is 81.1 Å². The first-order valence-corrected chi connectivity index (χ1v) is 11.8. The lowest BCUT2D eigenvalue weighted by Gasteiger charge is -2.12. The summed E-state index contributed by atoms with van der Waals surface area (Å²) in [7, 11) is -4.11. The van der Waals surface area contributed by atoms with E-state index >= 15 is 0 Å². The van der Waals surface area contributed by atoms with Crippen LogP contribution in [0, 0.1) is 18.6 Å². The molecule has 1 amide bonds. The molecule has 1 aliphatic rings. The Morgan fingerprint density at radius 3 is 2.61 bits per heavy atom. The summed E-state index contributed by atoms with van der Waals surface area (Å²) >= 11 is 0. The van der Waals surface area contributed by atoms with Gasteiger partial charge in [-0.3, -0.25) is 4.79 Å². The third kappa shape index (κ3) is 3.89. The van der Waals surface area contributed by atoms with Crippen LogP contribution in [0.5, 0.6) is 0 Å². The van der Waals surface area contributed by atoms with Gasteiger partial charge in [-0.2, -0.15) is 17.6 Å². The molecule has 0 radical (unpaired) electrons. The molecule has 1 aliphatic carbocycles. The van der Waals surface area contributed by atoms with Gasteiger partial charge >= 0.3 is 0 Å². The SMILES string of the molecule is Cc1c(F)cc(C(=O)NC2CC2)cc1-c1ccc2c(cnn2S(=O)(=O)c2cccc(F)c2)c1. The van der Waals surface area contributed by atoms with Crippen LogP contribution in [0.2, 0.25) is 0 Å². The van der Waals surface area contributed by atoms with Crippen molar-refractivity contribution in [3.63, 3.8) is 0 Å². The van der Waals surface area contributed by atoms with Crippen LogP contribution >= 0.6 is 0 Å². The zero-order valence-electron chi connectivity index (χ0n) is 17.5. The first-order valence-electron chi connectivity index (χ1n) is 10.3. The van der Waals surface area contributed by atoms with Crippen LogP contribution in [-0.4, -0.2) is 29.6 Å². The van der Waals surface area contributed by atoms with E-state index in [9.17, 15) is 22.0 Å². The second-order valence-electron chi connectivity index (χ2n) is 8.10. The average Bonchev–Trinajstić information content (AvgIpc) is 3.49. The lowest BCUT2D eigenvalue weighted by Crippen LogP contribution is -2.25. The molecule has 168 valence electrons. The highest BCUT2D eigenvalue weighted by atomic mass is 32.2. The first kappa shape index (κ1) is 21.3. The molecule has 5 rings (SSSR count). The Kier molecular flexibility index (Phi) is 5.01. The molecule has 1 heterocycles. The maximum atomic E-state index is 14.6. The highest BCUT2D eigenvalue weighted by Gasteiger charge is 2.25. The van der Waals surface area contributed by atoms with Crippen molar-refractivity contribution in [2.75, 3.05) is 0 Å². The van der Waals surface area contributed by atoms with Crippen molar-refractivity contribution >= 4 is 26.8 Å². The van der Waals surface area contributed by atoms with Crippen molar-refractivity contribution < 1.29 is 22.0 Å². The van der Waals surface area contributed by atoms with Gasteiger partial charge in [0.05, 0.1) is 16.6 Å². The summed E-state index contributed by atoms with van der Waals surface area (Å²) in [5.41, 5.74) is 2.03. The highest BCUT2D eigenvalue weighted by molar-refractivity contribution is 7.90. The molecule has 1 saturated carbocycles. The fourth-order valence-corrected chi connectivity index (χ4v) is 5.01. The van der Waals surface area contributed by atoms with Crippen molar-refractivity contribution in [2.24, 2.45) is 0 Å². The molecule has 33 heavy (non-hydrogen) atoms. The molecule has 1 fully saturated rings. The van der Waals surface area contributed by atoms with E-state index in [-0.39, 0.29) is 22.4 Å². The molecule has 0 aliphatic heterocycles. The van der Waals surface area contributed by atoms with Crippen LogP contribution in [0.3, 0.4) is 0 Å². The van der Waals surface area contributed by atoms with E-state index < -0.39 is 21.7 Å². The van der Waals surface area contributed by atoms with Gasteiger partial charge in [-0.1, -0.05) is 12.1 Å². The van der Waals surface area contributed by atoms with Gasteiger partial charge < -0.3 is 5.32 Å².